The first kappa shape index (κ1) is 15.5. The van der Waals surface area contributed by atoms with Crippen molar-refractivity contribution >= 4 is 17.7 Å². The SMILES string of the molecule is CC1CCCN1C(=O)C(Cc1c[nH]cn1)NC(=O)C1CC(=O)N1. The Kier molecular flexibility index (Phi) is 4.31. The van der Waals surface area contributed by atoms with E-state index in [1.807, 2.05) is 11.8 Å². The molecule has 3 atom stereocenters. The Balaban J connectivity index is 1.69. The summed E-state index contributed by atoms with van der Waals surface area (Å²) in [4.78, 5) is 44.7. The van der Waals surface area contributed by atoms with Gasteiger partial charge in [-0.15, -0.1) is 0 Å². The normalized spacial score (nSPS) is 24.7. The fraction of sp³-hybridized carbons (Fsp3) is 0.600. The van der Waals surface area contributed by atoms with Gasteiger partial charge in [0.05, 0.1) is 18.4 Å². The first-order valence-electron chi connectivity index (χ1n) is 7.92. The largest absolute Gasteiger partial charge is 0.351 e. The van der Waals surface area contributed by atoms with Gasteiger partial charge in [-0.25, -0.2) is 4.98 Å². The Morgan fingerprint density at radius 2 is 2.30 bits per heavy atom. The van der Waals surface area contributed by atoms with Crippen molar-refractivity contribution in [2.45, 2.75) is 50.7 Å². The zero-order valence-corrected chi connectivity index (χ0v) is 13.0. The summed E-state index contributed by atoms with van der Waals surface area (Å²) in [6, 6.07) is -1.01. The molecule has 2 aliphatic heterocycles. The van der Waals surface area contributed by atoms with E-state index in [1.54, 1.807) is 12.5 Å². The third kappa shape index (κ3) is 3.35. The lowest BCUT2D eigenvalue weighted by Crippen LogP contribution is -2.60. The second-order valence-electron chi connectivity index (χ2n) is 6.17. The summed E-state index contributed by atoms with van der Waals surface area (Å²) in [6.45, 7) is 2.73. The van der Waals surface area contributed by atoms with Gasteiger partial charge in [-0.3, -0.25) is 14.4 Å². The number of aromatic nitrogens is 2. The summed E-state index contributed by atoms with van der Waals surface area (Å²) in [5.74, 6) is -0.546. The van der Waals surface area contributed by atoms with Crippen LogP contribution in [0.1, 0.15) is 31.9 Å². The van der Waals surface area contributed by atoms with Gasteiger partial charge in [-0.1, -0.05) is 0 Å². The second kappa shape index (κ2) is 6.39. The van der Waals surface area contributed by atoms with Gasteiger partial charge in [0.2, 0.25) is 17.7 Å². The van der Waals surface area contributed by atoms with Crippen molar-refractivity contribution in [3.63, 3.8) is 0 Å². The highest BCUT2D eigenvalue weighted by molar-refractivity contribution is 5.99. The van der Waals surface area contributed by atoms with Crippen molar-refractivity contribution in [1.29, 1.82) is 0 Å². The van der Waals surface area contributed by atoms with Gasteiger partial charge in [-0.05, 0) is 19.8 Å². The van der Waals surface area contributed by atoms with Crippen molar-refractivity contribution < 1.29 is 14.4 Å². The zero-order valence-electron chi connectivity index (χ0n) is 13.0. The Bertz CT molecular complexity index is 592. The first-order chi connectivity index (χ1) is 11.0. The van der Waals surface area contributed by atoms with Crippen LogP contribution in [0.5, 0.6) is 0 Å². The number of carbonyl (C=O) groups excluding carboxylic acids is 3. The predicted octanol–water partition coefficient (Wildman–Crippen LogP) is -0.664. The van der Waals surface area contributed by atoms with Gasteiger partial charge in [-0.2, -0.15) is 0 Å². The van der Waals surface area contributed by atoms with E-state index in [0.29, 0.717) is 18.7 Å². The summed E-state index contributed by atoms with van der Waals surface area (Å²) >= 11 is 0. The highest BCUT2D eigenvalue weighted by atomic mass is 16.2. The number of hydrogen-bond acceptors (Lipinski definition) is 4. The van der Waals surface area contributed by atoms with Gasteiger partial charge in [0, 0.05) is 25.2 Å². The molecule has 2 fully saturated rings. The van der Waals surface area contributed by atoms with Gasteiger partial charge < -0.3 is 20.5 Å². The van der Waals surface area contributed by atoms with E-state index >= 15 is 0 Å². The molecular formula is C15H21N5O3. The molecule has 0 spiro atoms. The minimum atomic E-state index is -0.663. The molecule has 0 bridgehead atoms. The number of likely N-dealkylation sites (tertiary alicyclic amines) is 1. The molecule has 3 N–H and O–H groups in total. The number of nitrogens with zero attached hydrogens (tertiary/aromatic N) is 2. The average molecular weight is 319 g/mol. The number of imidazole rings is 1. The second-order valence-corrected chi connectivity index (χ2v) is 6.17. The lowest BCUT2D eigenvalue weighted by atomic mass is 10.0. The number of amides is 3. The van der Waals surface area contributed by atoms with Crippen LogP contribution in [0.15, 0.2) is 12.5 Å². The molecule has 1 aromatic rings. The fourth-order valence-electron chi connectivity index (χ4n) is 3.06. The molecule has 2 saturated heterocycles. The minimum absolute atomic E-state index is 0.0861. The summed E-state index contributed by atoms with van der Waals surface area (Å²) in [6.07, 6.45) is 5.73. The van der Waals surface area contributed by atoms with E-state index < -0.39 is 12.1 Å². The van der Waals surface area contributed by atoms with Crippen LogP contribution in [0.25, 0.3) is 0 Å². The lowest BCUT2D eigenvalue weighted by molar-refractivity contribution is -0.140. The molecule has 0 aliphatic carbocycles. The summed E-state index contributed by atoms with van der Waals surface area (Å²) in [7, 11) is 0. The number of carbonyl (C=O) groups is 3. The average Bonchev–Trinajstić information content (AvgIpc) is 3.14. The number of rotatable bonds is 5. The highest BCUT2D eigenvalue weighted by Gasteiger charge is 2.36. The molecular weight excluding hydrogens is 298 g/mol. The molecule has 3 amide bonds. The number of H-pyrrole nitrogens is 1. The van der Waals surface area contributed by atoms with Gasteiger partial charge in [0.1, 0.15) is 12.1 Å². The van der Waals surface area contributed by atoms with Crippen LogP contribution in [-0.2, 0) is 20.8 Å². The Labute approximate surface area is 134 Å². The van der Waals surface area contributed by atoms with Crippen LogP contribution in [-0.4, -0.2) is 57.3 Å². The third-order valence-electron chi connectivity index (χ3n) is 4.46. The van der Waals surface area contributed by atoms with Crippen molar-refractivity contribution in [3.8, 4) is 0 Å². The molecule has 3 heterocycles. The van der Waals surface area contributed by atoms with E-state index in [2.05, 4.69) is 20.6 Å². The number of β-lactam (4-membered cyclic amide) rings is 1. The quantitative estimate of drug-likeness (QED) is 0.626. The van der Waals surface area contributed by atoms with Crippen molar-refractivity contribution in [2.24, 2.45) is 0 Å². The molecule has 3 rings (SSSR count). The lowest BCUT2D eigenvalue weighted by Gasteiger charge is -2.30. The zero-order chi connectivity index (χ0) is 16.4. The molecule has 1 aromatic heterocycles. The maximum Gasteiger partial charge on any atom is 0.245 e. The van der Waals surface area contributed by atoms with E-state index in [1.165, 1.54) is 0 Å². The van der Waals surface area contributed by atoms with Crippen LogP contribution in [0.4, 0.5) is 0 Å². The highest BCUT2D eigenvalue weighted by Crippen LogP contribution is 2.18. The number of aromatic amines is 1. The smallest absolute Gasteiger partial charge is 0.245 e. The third-order valence-corrected chi connectivity index (χ3v) is 4.46. The maximum absolute atomic E-state index is 12.8. The van der Waals surface area contributed by atoms with Crippen LogP contribution in [0.3, 0.4) is 0 Å². The standard InChI is InChI=1S/C15H21N5O3/c1-9-3-2-4-20(9)15(23)12(5-10-7-16-8-17-10)19-14(22)11-6-13(21)18-11/h7-9,11-12H,2-6H2,1H3,(H,16,17)(H,18,21)(H,19,22). The number of hydrogen-bond donors (Lipinski definition) is 3. The Morgan fingerprint density at radius 3 is 2.87 bits per heavy atom. The van der Waals surface area contributed by atoms with Crippen molar-refractivity contribution in [2.75, 3.05) is 6.54 Å². The summed E-state index contributed by atoms with van der Waals surface area (Å²) in [5.41, 5.74) is 0.716. The van der Waals surface area contributed by atoms with E-state index in [0.717, 1.165) is 12.8 Å². The Hall–Kier alpha value is -2.38. The molecule has 3 unspecified atom stereocenters. The Morgan fingerprint density at radius 1 is 1.52 bits per heavy atom. The van der Waals surface area contributed by atoms with Gasteiger partial charge in [0.15, 0.2) is 0 Å². The fourth-order valence-corrected chi connectivity index (χ4v) is 3.06. The first-order valence-corrected chi connectivity index (χ1v) is 7.92. The van der Waals surface area contributed by atoms with Gasteiger partial charge in [0.25, 0.3) is 0 Å². The molecule has 8 nitrogen and oxygen atoms in total. The van der Waals surface area contributed by atoms with Crippen LogP contribution >= 0.6 is 0 Å². The van der Waals surface area contributed by atoms with Crippen LogP contribution in [0.2, 0.25) is 0 Å². The molecule has 23 heavy (non-hydrogen) atoms. The molecule has 0 aromatic carbocycles. The van der Waals surface area contributed by atoms with Gasteiger partial charge >= 0.3 is 0 Å². The summed E-state index contributed by atoms with van der Waals surface area (Å²) in [5, 5.41) is 5.30. The molecule has 8 heteroatoms. The predicted molar refractivity (Wildman–Crippen MR) is 81.2 cm³/mol. The van der Waals surface area contributed by atoms with Crippen molar-refractivity contribution in [3.05, 3.63) is 18.2 Å². The maximum atomic E-state index is 12.8. The molecule has 0 saturated carbocycles. The molecule has 124 valence electrons. The minimum Gasteiger partial charge on any atom is -0.351 e. The molecule has 2 aliphatic rings. The topological polar surface area (TPSA) is 107 Å². The van der Waals surface area contributed by atoms with E-state index in [9.17, 15) is 14.4 Å². The van der Waals surface area contributed by atoms with E-state index in [4.69, 9.17) is 0 Å². The summed E-state index contributed by atoms with van der Waals surface area (Å²) < 4.78 is 0. The number of nitrogens with one attached hydrogen (secondary N) is 3. The van der Waals surface area contributed by atoms with E-state index in [-0.39, 0.29) is 30.2 Å². The van der Waals surface area contributed by atoms with Crippen LogP contribution in [0, 0.1) is 0 Å². The monoisotopic (exact) mass is 319 g/mol. The van der Waals surface area contributed by atoms with Crippen molar-refractivity contribution in [1.82, 2.24) is 25.5 Å². The molecule has 0 radical (unpaired) electrons. The van der Waals surface area contributed by atoms with Crippen LogP contribution < -0.4 is 10.6 Å².